The van der Waals surface area contributed by atoms with Gasteiger partial charge in [-0.3, -0.25) is 10.1 Å². The number of hydrogen-bond donors (Lipinski definition) is 2. The molecule has 5 nitrogen and oxygen atoms in total. The van der Waals surface area contributed by atoms with E-state index in [-0.39, 0.29) is 5.11 Å². The smallest absolute Gasteiger partial charge is 0.264 e. The van der Waals surface area contributed by atoms with E-state index in [1.807, 2.05) is 24.3 Å². The fourth-order valence-corrected chi connectivity index (χ4v) is 2.56. The van der Waals surface area contributed by atoms with Crippen molar-refractivity contribution in [2.75, 3.05) is 19.5 Å². The third-order valence-electron chi connectivity index (χ3n) is 3.72. The fourth-order valence-electron chi connectivity index (χ4n) is 2.35. The summed E-state index contributed by atoms with van der Waals surface area (Å²) >= 11 is 5.23. The molecule has 2 aromatic rings. The zero-order valence-electron chi connectivity index (χ0n) is 14.8. The molecule has 0 atom stereocenters. The molecule has 0 spiro atoms. The largest absolute Gasteiger partial charge is 0.496 e. The number of methoxy groups -OCH3 is 2. The monoisotopic (exact) mass is 358 g/mol. The second-order valence-corrected chi connectivity index (χ2v) is 6.13. The molecule has 0 unspecified atom stereocenters. The van der Waals surface area contributed by atoms with E-state index in [0.29, 0.717) is 23.0 Å². The van der Waals surface area contributed by atoms with E-state index in [9.17, 15) is 4.79 Å². The van der Waals surface area contributed by atoms with Gasteiger partial charge in [0.1, 0.15) is 17.1 Å². The molecule has 0 bridgehead atoms. The molecule has 2 rings (SSSR count). The van der Waals surface area contributed by atoms with Gasteiger partial charge in [-0.2, -0.15) is 0 Å². The summed E-state index contributed by atoms with van der Waals surface area (Å²) in [5.41, 5.74) is 2.34. The summed E-state index contributed by atoms with van der Waals surface area (Å²) in [6.07, 6.45) is 0. The number of nitrogens with one attached hydrogen (secondary N) is 2. The second kappa shape index (κ2) is 8.48. The summed E-state index contributed by atoms with van der Waals surface area (Å²) in [4.78, 5) is 12.5. The Bertz CT molecular complexity index is 736. The molecule has 2 N–H and O–H groups in total. The summed E-state index contributed by atoms with van der Waals surface area (Å²) in [6, 6.07) is 13.1. The minimum atomic E-state index is -0.398. The predicted octanol–water partition coefficient (Wildman–Crippen LogP) is 3.95. The molecule has 132 valence electrons. The Morgan fingerprint density at radius 1 is 1.00 bits per heavy atom. The van der Waals surface area contributed by atoms with E-state index in [4.69, 9.17) is 21.7 Å². The normalized spacial score (nSPS) is 10.3. The van der Waals surface area contributed by atoms with E-state index in [1.165, 1.54) is 19.8 Å². The number of ether oxygens (including phenoxy) is 2. The SMILES string of the molecule is COc1cccc(OC)c1C(=O)NC(=S)Nc1ccc(C(C)C)cc1. The van der Waals surface area contributed by atoms with Crippen LogP contribution in [0.4, 0.5) is 5.69 Å². The van der Waals surface area contributed by atoms with Crippen LogP contribution >= 0.6 is 12.2 Å². The number of benzene rings is 2. The molecule has 2 aromatic carbocycles. The van der Waals surface area contributed by atoms with Gasteiger partial charge in [-0.15, -0.1) is 0 Å². The lowest BCUT2D eigenvalue weighted by molar-refractivity contribution is 0.0971. The van der Waals surface area contributed by atoms with Crippen molar-refractivity contribution < 1.29 is 14.3 Å². The maximum Gasteiger partial charge on any atom is 0.264 e. The molecule has 6 heteroatoms. The first-order valence-electron chi connectivity index (χ1n) is 7.89. The minimum absolute atomic E-state index is 0.204. The third kappa shape index (κ3) is 4.70. The quantitative estimate of drug-likeness (QED) is 0.793. The van der Waals surface area contributed by atoms with E-state index < -0.39 is 5.91 Å². The molecule has 0 aliphatic heterocycles. The van der Waals surface area contributed by atoms with Gasteiger partial charge in [0.15, 0.2) is 5.11 Å². The summed E-state index contributed by atoms with van der Waals surface area (Å²) in [7, 11) is 3.00. The first-order valence-corrected chi connectivity index (χ1v) is 8.30. The molecule has 0 heterocycles. The Kier molecular flexibility index (Phi) is 6.36. The predicted molar refractivity (Wildman–Crippen MR) is 104 cm³/mol. The Morgan fingerprint density at radius 3 is 2.04 bits per heavy atom. The van der Waals surface area contributed by atoms with E-state index >= 15 is 0 Å². The van der Waals surface area contributed by atoms with Crippen molar-refractivity contribution in [3.05, 3.63) is 53.6 Å². The molecule has 0 saturated carbocycles. The number of anilines is 1. The van der Waals surface area contributed by atoms with Crippen molar-refractivity contribution in [1.29, 1.82) is 0 Å². The number of hydrogen-bond acceptors (Lipinski definition) is 4. The molecule has 0 aliphatic carbocycles. The van der Waals surface area contributed by atoms with Crippen molar-refractivity contribution in [2.45, 2.75) is 19.8 Å². The molecule has 0 radical (unpaired) electrons. The van der Waals surface area contributed by atoms with Crippen LogP contribution in [0.15, 0.2) is 42.5 Å². The molecular formula is C19H22N2O3S. The lowest BCUT2D eigenvalue weighted by atomic mass is 10.0. The van der Waals surface area contributed by atoms with Crippen LogP contribution in [0.25, 0.3) is 0 Å². The lowest BCUT2D eigenvalue weighted by Crippen LogP contribution is -2.34. The molecule has 0 fully saturated rings. The van der Waals surface area contributed by atoms with Crippen LogP contribution in [-0.2, 0) is 0 Å². The van der Waals surface area contributed by atoms with Gasteiger partial charge in [0.05, 0.1) is 14.2 Å². The van der Waals surface area contributed by atoms with Gasteiger partial charge in [0.2, 0.25) is 0 Å². The summed E-state index contributed by atoms with van der Waals surface area (Å²) < 4.78 is 10.5. The first kappa shape index (κ1) is 18.7. The molecule has 1 amide bonds. The van der Waals surface area contributed by atoms with Crippen LogP contribution in [0, 0.1) is 0 Å². The van der Waals surface area contributed by atoms with Crippen LogP contribution in [0.1, 0.15) is 35.7 Å². The van der Waals surface area contributed by atoms with Crippen molar-refractivity contribution in [1.82, 2.24) is 5.32 Å². The third-order valence-corrected chi connectivity index (χ3v) is 3.92. The number of rotatable bonds is 5. The maximum atomic E-state index is 12.5. The minimum Gasteiger partial charge on any atom is -0.496 e. The van der Waals surface area contributed by atoms with Gasteiger partial charge in [-0.1, -0.05) is 32.0 Å². The maximum absolute atomic E-state index is 12.5. The van der Waals surface area contributed by atoms with E-state index in [1.54, 1.807) is 18.2 Å². The summed E-state index contributed by atoms with van der Waals surface area (Å²) in [6.45, 7) is 4.27. The van der Waals surface area contributed by atoms with Crippen molar-refractivity contribution in [2.24, 2.45) is 0 Å². The molecular weight excluding hydrogens is 336 g/mol. The van der Waals surface area contributed by atoms with Gasteiger partial charge in [-0.25, -0.2) is 0 Å². The first-order chi connectivity index (χ1) is 12.0. The average molecular weight is 358 g/mol. The van der Waals surface area contributed by atoms with Gasteiger partial charge < -0.3 is 14.8 Å². The Labute approximate surface area is 153 Å². The highest BCUT2D eigenvalue weighted by Gasteiger charge is 2.19. The van der Waals surface area contributed by atoms with Crippen LogP contribution in [0.5, 0.6) is 11.5 Å². The van der Waals surface area contributed by atoms with Crippen molar-refractivity contribution in [3.63, 3.8) is 0 Å². The summed E-state index contributed by atoms with van der Waals surface area (Å²) in [5.74, 6) is 0.895. The standard InChI is InChI=1S/C19H22N2O3S/c1-12(2)13-8-10-14(11-9-13)20-19(25)21-18(22)17-15(23-3)6-5-7-16(17)24-4/h5-12H,1-4H3,(H2,20,21,22,25). The number of amides is 1. The van der Waals surface area contributed by atoms with Crippen LogP contribution < -0.4 is 20.1 Å². The topological polar surface area (TPSA) is 59.6 Å². The average Bonchev–Trinajstić information content (AvgIpc) is 2.61. The van der Waals surface area contributed by atoms with Gasteiger partial charge in [-0.05, 0) is 48.0 Å². The fraction of sp³-hybridized carbons (Fsp3) is 0.263. The highest BCUT2D eigenvalue weighted by atomic mass is 32.1. The van der Waals surface area contributed by atoms with Gasteiger partial charge >= 0.3 is 0 Å². The highest BCUT2D eigenvalue weighted by Crippen LogP contribution is 2.28. The van der Waals surface area contributed by atoms with Crippen LogP contribution in [0.2, 0.25) is 0 Å². The van der Waals surface area contributed by atoms with E-state index in [2.05, 4.69) is 24.5 Å². The zero-order valence-corrected chi connectivity index (χ0v) is 15.6. The highest BCUT2D eigenvalue weighted by molar-refractivity contribution is 7.80. The number of carbonyl (C=O) groups excluding carboxylic acids is 1. The molecule has 25 heavy (non-hydrogen) atoms. The van der Waals surface area contributed by atoms with Crippen LogP contribution in [0.3, 0.4) is 0 Å². The Hall–Kier alpha value is -2.60. The second-order valence-electron chi connectivity index (χ2n) is 5.72. The Balaban J connectivity index is 2.09. The summed E-state index contributed by atoms with van der Waals surface area (Å²) in [5, 5.41) is 5.86. The molecule has 0 aliphatic rings. The van der Waals surface area contributed by atoms with Gasteiger partial charge in [0, 0.05) is 5.69 Å². The number of carbonyl (C=O) groups is 1. The molecule has 0 saturated heterocycles. The molecule has 0 aromatic heterocycles. The number of thiocarbonyl (C=S) groups is 1. The lowest BCUT2D eigenvalue weighted by Gasteiger charge is -2.14. The van der Waals surface area contributed by atoms with Gasteiger partial charge in [0.25, 0.3) is 5.91 Å². The van der Waals surface area contributed by atoms with Crippen LogP contribution in [-0.4, -0.2) is 25.2 Å². The van der Waals surface area contributed by atoms with E-state index in [0.717, 1.165) is 5.69 Å². The Morgan fingerprint density at radius 2 is 1.56 bits per heavy atom. The van der Waals surface area contributed by atoms with Crippen molar-refractivity contribution in [3.8, 4) is 11.5 Å². The van der Waals surface area contributed by atoms with Crippen molar-refractivity contribution >= 4 is 28.9 Å². The zero-order chi connectivity index (χ0) is 18.4.